The summed E-state index contributed by atoms with van der Waals surface area (Å²) in [6.07, 6.45) is 2.42. The van der Waals surface area contributed by atoms with E-state index in [1.807, 2.05) is 0 Å². The van der Waals surface area contributed by atoms with Gasteiger partial charge in [-0.25, -0.2) is 9.27 Å². The Balaban J connectivity index is 2.20. The lowest BCUT2D eigenvalue weighted by atomic mass is 10.0. The second-order valence-electron chi connectivity index (χ2n) is 5.72. The predicted molar refractivity (Wildman–Crippen MR) is 91.9 cm³/mol. The lowest BCUT2D eigenvalue weighted by Crippen LogP contribution is -2.19. The van der Waals surface area contributed by atoms with Gasteiger partial charge in [-0.15, -0.1) is 0 Å². The number of imidazole rings is 1. The molecule has 2 heterocycles. The second kappa shape index (κ2) is 6.34. The van der Waals surface area contributed by atoms with E-state index in [1.54, 1.807) is 12.1 Å². The maximum absolute atomic E-state index is 10.8. The van der Waals surface area contributed by atoms with Crippen molar-refractivity contribution in [3.05, 3.63) is 28.5 Å². The van der Waals surface area contributed by atoms with E-state index in [4.69, 9.17) is 21.1 Å². The third-order valence-electron chi connectivity index (χ3n) is 4.35. The Morgan fingerprint density at radius 1 is 1.42 bits per heavy atom. The fourth-order valence-corrected chi connectivity index (χ4v) is 3.57. The van der Waals surface area contributed by atoms with E-state index in [0.29, 0.717) is 40.7 Å². The van der Waals surface area contributed by atoms with Gasteiger partial charge >= 0.3 is 10.4 Å². The van der Waals surface area contributed by atoms with Crippen molar-refractivity contribution in [1.82, 2.24) is 9.55 Å². The van der Waals surface area contributed by atoms with Crippen LogP contribution in [0.1, 0.15) is 50.4 Å². The molecule has 0 aliphatic carbocycles. The first-order valence-corrected chi connectivity index (χ1v) is 9.52. The van der Waals surface area contributed by atoms with Crippen molar-refractivity contribution in [3.8, 4) is 0 Å². The number of rotatable bonds is 5. The molecule has 2 aromatic rings. The standard InChI is InChI=1S/C15H18ClN3O4S/c1-3-9(4-2)15-17-13-11(16)6-5-10-12(18-23-24(20,21)22)7-8-19(15)14(10)13/h5-6,9H,3-4,7-8H2,1-2H3,(H,20,21,22). The lowest BCUT2D eigenvalue weighted by Gasteiger charge is -2.20. The van der Waals surface area contributed by atoms with Crippen molar-refractivity contribution in [2.24, 2.45) is 5.16 Å². The molecule has 9 heteroatoms. The first kappa shape index (κ1) is 17.2. The maximum atomic E-state index is 10.8. The van der Waals surface area contributed by atoms with Crippen LogP contribution in [0.25, 0.3) is 11.0 Å². The molecule has 0 spiro atoms. The minimum atomic E-state index is -4.63. The molecule has 0 bridgehead atoms. The van der Waals surface area contributed by atoms with Gasteiger partial charge in [0.05, 0.1) is 16.3 Å². The highest BCUT2D eigenvalue weighted by molar-refractivity contribution is 7.80. The smallest absolute Gasteiger partial charge is 0.327 e. The summed E-state index contributed by atoms with van der Waals surface area (Å²) >= 11 is 6.30. The number of nitrogens with zero attached hydrogens (tertiary/aromatic N) is 3. The van der Waals surface area contributed by atoms with Crippen LogP contribution in [0.5, 0.6) is 0 Å². The Morgan fingerprint density at radius 2 is 2.12 bits per heavy atom. The molecule has 0 atom stereocenters. The summed E-state index contributed by atoms with van der Waals surface area (Å²) in [7, 11) is -4.63. The fraction of sp³-hybridized carbons (Fsp3) is 0.467. The van der Waals surface area contributed by atoms with E-state index >= 15 is 0 Å². The van der Waals surface area contributed by atoms with Gasteiger partial charge < -0.3 is 4.57 Å². The van der Waals surface area contributed by atoms with Gasteiger partial charge in [-0.2, -0.15) is 8.42 Å². The highest BCUT2D eigenvalue weighted by Crippen LogP contribution is 2.35. The van der Waals surface area contributed by atoms with Crippen LogP contribution in [-0.2, 0) is 21.2 Å². The first-order valence-electron chi connectivity index (χ1n) is 7.77. The molecule has 1 N–H and O–H groups in total. The van der Waals surface area contributed by atoms with Crippen LogP contribution in [-0.4, -0.2) is 28.2 Å². The monoisotopic (exact) mass is 371 g/mol. The van der Waals surface area contributed by atoms with Gasteiger partial charge in [0, 0.05) is 24.4 Å². The Morgan fingerprint density at radius 3 is 2.75 bits per heavy atom. The molecule has 130 valence electrons. The minimum absolute atomic E-state index is 0.328. The molecule has 0 radical (unpaired) electrons. The Labute approximate surface area is 145 Å². The van der Waals surface area contributed by atoms with Gasteiger partial charge in [0.2, 0.25) is 0 Å². The average molecular weight is 372 g/mol. The molecule has 0 fully saturated rings. The largest absolute Gasteiger partial charge is 0.466 e. The number of hydrogen-bond acceptors (Lipinski definition) is 5. The number of aromatic nitrogens is 2. The molecule has 1 aromatic heterocycles. The zero-order chi connectivity index (χ0) is 17.5. The second-order valence-corrected chi connectivity index (χ2v) is 7.13. The zero-order valence-electron chi connectivity index (χ0n) is 13.4. The molecule has 0 saturated heterocycles. The summed E-state index contributed by atoms with van der Waals surface area (Å²) in [4.78, 5) is 4.74. The molecule has 0 amide bonds. The van der Waals surface area contributed by atoms with Crippen LogP contribution < -0.4 is 0 Å². The fourth-order valence-electron chi connectivity index (χ4n) is 3.19. The van der Waals surface area contributed by atoms with Crippen LogP contribution in [0.2, 0.25) is 5.02 Å². The van der Waals surface area contributed by atoms with Crippen molar-refractivity contribution in [1.29, 1.82) is 0 Å². The number of hydrogen-bond donors (Lipinski definition) is 1. The molecular formula is C15H18ClN3O4S. The molecule has 7 nitrogen and oxygen atoms in total. The van der Waals surface area contributed by atoms with E-state index in [2.05, 4.69) is 27.9 Å². The van der Waals surface area contributed by atoms with Gasteiger partial charge in [0.25, 0.3) is 0 Å². The van der Waals surface area contributed by atoms with Crippen LogP contribution in [0.3, 0.4) is 0 Å². The number of oxime groups is 1. The molecule has 0 unspecified atom stereocenters. The van der Waals surface area contributed by atoms with Gasteiger partial charge in [-0.3, -0.25) is 4.55 Å². The van der Waals surface area contributed by atoms with Crippen LogP contribution in [0.4, 0.5) is 0 Å². The van der Waals surface area contributed by atoms with Gasteiger partial charge in [-0.1, -0.05) is 30.6 Å². The molecule has 24 heavy (non-hydrogen) atoms. The third-order valence-corrected chi connectivity index (χ3v) is 4.92. The van der Waals surface area contributed by atoms with Crippen molar-refractivity contribution >= 4 is 38.7 Å². The maximum Gasteiger partial charge on any atom is 0.466 e. The summed E-state index contributed by atoms with van der Waals surface area (Å²) in [5.41, 5.74) is 2.66. The summed E-state index contributed by atoms with van der Waals surface area (Å²) in [5.74, 6) is 1.31. The molecular weight excluding hydrogens is 354 g/mol. The first-order chi connectivity index (χ1) is 11.4. The summed E-state index contributed by atoms with van der Waals surface area (Å²) < 4.78 is 36.6. The van der Waals surface area contributed by atoms with Crippen molar-refractivity contribution in [3.63, 3.8) is 0 Å². The van der Waals surface area contributed by atoms with Crippen LogP contribution in [0, 0.1) is 0 Å². The zero-order valence-corrected chi connectivity index (χ0v) is 14.9. The van der Waals surface area contributed by atoms with Gasteiger partial charge in [-0.05, 0) is 25.0 Å². The highest BCUT2D eigenvalue weighted by Gasteiger charge is 2.26. The molecule has 1 aromatic carbocycles. The number of benzene rings is 1. The van der Waals surface area contributed by atoms with E-state index in [9.17, 15) is 8.42 Å². The SMILES string of the molecule is CCC(CC)c1nc2c(Cl)ccc3c2n1CCC3=NOS(=O)(=O)O. The number of aryl methyl sites for hydroxylation is 1. The van der Waals surface area contributed by atoms with E-state index in [1.165, 1.54) is 0 Å². The third kappa shape index (κ3) is 3.01. The van der Waals surface area contributed by atoms with E-state index in [0.717, 1.165) is 24.2 Å². The Kier molecular flexibility index (Phi) is 4.54. The van der Waals surface area contributed by atoms with Gasteiger partial charge in [0.15, 0.2) is 0 Å². The molecule has 3 rings (SSSR count). The normalized spacial score (nSPS) is 16.3. The summed E-state index contributed by atoms with van der Waals surface area (Å²) in [6, 6.07) is 3.48. The minimum Gasteiger partial charge on any atom is -0.327 e. The van der Waals surface area contributed by atoms with Crippen molar-refractivity contribution in [2.75, 3.05) is 0 Å². The molecule has 0 saturated carbocycles. The van der Waals surface area contributed by atoms with Crippen LogP contribution in [0.15, 0.2) is 17.3 Å². The van der Waals surface area contributed by atoms with Gasteiger partial charge in [0.1, 0.15) is 11.3 Å². The van der Waals surface area contributed by atoms with Crippen molar-refractivity contribution < 1.29 is 17.3 Å². The molecule has 1 aliphatic heterocycles. The van der Waals surface area contributed by atoms with E-state index in [-0.39, 0.29) is 0 Å². The Hall–Kier alpha value is -1.64. The predicted octanol–water partition coefficient (Wildman–Crippen LogP) is 3.52. The van der Waals surface area contributed by atoms with Crippen molar-refractivity contribution in [2.45, 2.75) is 45.6 Å². The highest BCUT2D eigenvalue weighted by atomic mass is 35.5. The summed E-state index contributed by atoms with van der Waals surface area (Å²) in [6.45, 7) is 4.85. The van der Waals surface area contributed by atoms with Crippen LogP contribution >= 0.6 is 11.6 Å². The quantitative estimate of drug-likeness (QED) is 0.641. The lowest BCUT2D eigenvalue weighted by molar-refractivity contribution is 0.281. The molecule has 1 aliphatic rings. The van der Waals surface area contributed by atoms with E-state index < -0.39 is 10.4 Å². The number of halogens is 1. The Bertz CT molecular complexity index is 916. The topological polar surface area (TPSA) is 93.8 Å². The average Bonchev–Trinajstić information content (AvgIpc) is 2.91. The summed E-state index contributed by atoms with van der Waals surface area (Å²) in [5, 5.41) is 4.14.